The van der Waals surface area contributed by atoms with Crippen LogP contribution in [0.1, 0.15) is 29.8 Å². The largest absolute Gasteiger partial charge is 0.491 e. The maximum Gasteiger partial charge on any atom is 0.261 e. The van der Waals surface area contributed by atoms with Crippen LogP contribution in [0.2, 0.25) is 5.02 Å². The number of rotatable bonds is 8. The molecule has 162 valence electrons. The first kappa shape index (κ1) is 22.7. The highest BCUT2D eigenvalue weighted by molar-refractivity contribution is 7.92. The van der Waals surface area contributed by atoms with Gasteiger partial charge in [-0.25, -0.2) is 8.42 Å². The monoisotopic (exact) mass is 458 g/mol. The van der Waals surface area contributed by atoms with E-state index in [0.29, 0.717) is 12.1 Å². The lowest BCUT2D eigenvalue weighted by atomic mass is 10.1. The lowest BCUT2D eigenvalue weighted by molar-refractivity contribution is 0.0951. The van der Waals surface area contributed by atoms with Gasteiger partial charge in [-0.2, -0.15) is 0 Å². The quantitative estimate of drug-likeness (QED) is 0.505. The van der Waals surface area contributed by atoms with Crippen molar-refractivity contribution >= 4 is 33.2 Å². The Labute approximate surface area is 187 Å². The molecule has 1 amide bonds. The second kappa shape index (κ2) is 9.85. The molecule has 0 radical (unpaired) electrons. The van der Waals surface area contributed by atoms with Crippen molar-refractivity contribution in [2.75, 3.05) is 4.72 Å². The fourth-order valence-electron chi connectivity index (χ4n) is 2.78. The van der Waals surface area contributed by atoms with E-state index >= 15 is 0 Å². The highest BCUT2D eigenvalue weighted by atomic mass is 35.5. The molecule has 0 fully saturated rings. The first-order valence-corrected chi connectivity index (χ1v) is 11.5. The van der Waals surface area contributed by atoms with Crippen LogP contribution in [-0.2, 0) is 16.6 Å². The third-order valence-corrected chi connectivity index (χ3v) is 5.97. The van der Waals surface area contributed by atoms with Crippen molar-refractivity contribution in [1.82, 2.24) is 5.32 Å². The molecule has 3 rings (SSSR count). The van der Waals surface area contributed by atoms with Crippen LogP contribution in [0.25, 0.3) is 0 Å². The molecule has 8 heteroatoms. The Hall–Kier alpha value is -3.03. The van der Waals surface area contributed by atoms with Crippen LogP contribution in [0.5, 0.6) is 5.75 Å². The number of carbonyl (C=O) groups is 1. The Bertz CT molecular complexity index is 1150. The van der Waals surface area contributed by atoms with Gasteiger partial charge in [-0.3, -0.25) is 9.52 Å². The summed E-state index contributed by atoms with van der Waals surface area (Å²) in [6, 6.07) is 19.9. The number of carbonyl (C=O) groups excluding carboxylic acids is 1. The lowest BCUT2D eigenvalue weighted by Gasteiger charge is -2.12. The molecule has 0 aliphatic carbocycles. The minimum atomic E-state index is -3.77. The van der Waals surface area contributed by atoms with Crippen LogP contribution in [0.3, 0.4) is 0 Å². The van der Waals surface area contributed by atoms with Crippen LogP contribution >= 0.6 is 11.6 Å². The number of hydrogen-bond donors (Lipinski definition) is 2. The van der Waals surface area contributed by atoms with Crippen LogP contribution < -0.4 is 14.8 Å². The molecule has 0 atom stereocenters. The average Bonchev–Trinajstić information content (AvgIpc) is 2.74. The zero-order valence-electron chi connectivity index (χ0n) is 17.1. The first-order chi connectivity index (χ1) is 14.7. The van der Waals surface area contributed by atoms with Crippen molar-refractivity contribution in [3.63, 3.8) is 0 Å². The van der Waals surface area contributed by atoms with Crippen LogP contribution in [0.4, 0.5) is 5.69 Å². The lowest BCUT2D eigenvalue weighted by Crippen LogP contribution is -2.23. The van der Waals surface area contributed by atoms with E-state index in [9.17, 15) is 13.2 Å². The zero-order valence-corrected chi connectivity index (χ0v) is 18.7. The smallest absolute Gasteiger partial charge is 0.261 e. The van der Waals surface area contributed by atoms with Gasteiger partial charge in [0.2, 0.25) is 0 Å². The van der Waals surface area contributed by atoms with Gasteiger partial charge < -0.3 is 10.1 Å². The fourth-order valence-corrected chi connectivity index (χ4v) is 4.17. The number of anilines is 1. The molecule has 0 bridgehead atoms. The van der Waals surface area contributed by atoms with E-state index in [1.165, 1.54) is 30.3 Å². The molecule has 0 unspecified atom stereocenters. The third-order valence-electron chi connectivity index (χ3n) is 4.28. The summed E-state index contributed by atoms with van der Waals surface area (Å²) in [5.41, 5.74) is 1.44. The summed E-state index contributed by atoms with van der Waals surface area (Å²) in [5, 5.41) is 2.95. The number of nitrogens with one attached hydrogen (secondary N) is 2. The molecule has 0 saturated carbocycles. The van der Waals surface area contributed by atoms with Gasteiger partial charge in [-0.15, -0.1) is 0 Å². The second-order valence-electron chi connectivity index (χ2n) is 7.11. The van der Waals surface area contributed by atoms with Crippen LogP contribution in [0, 0.1) is 0 Å². The van der Waals surface area contributed by atoms with Crippen LogP contribution in [-0.4, -0.2) is 20.4 Å². The molecule has 2 N–H and O–H groups in total. The third kappa shape index (κ3) is 6.23. The summed E-state index contributed by atoms with van der Waals surface area (Å²) >= 11 is 6.22. The number of sulfonamides is 1. The van der Waals surface area contributed by atoms with Crippen molar-refractivity contribution in [1.29, 1.82) is 0 Å². The fraction of sp³-hybridized carbons (Fsp3) is 0.174. The number of halogens is 1. The summed E-state index contributed by atoms with van der Waals surface area (Å²) < 4.78 is 33.0. The number of amides is 1. The minimum Gasteiger partial charge on any atom is -0.491 e. The molecule has 0 heterocycles. The van der Waals surface area contributed by atoms with Gasteiger partial charge in [-0.05, 0) is 61.9 Å². The minimum absolute atomic E-state index is 0.0930. The van der Waals surface area contributed by atoms with Gasteiger partial charge in [0, 0.05) is 12.1 Å². The van der Waals surface area contributed by atoms with Gasteiger partial charge in [0.05, 0.1) is 21.7 Å². The van der Waals surface area contributed by atoms with Gasteiger partial charge in [0.1, 0.15) is 5.75 Å². The van der Waals surface area contributed by atoms with E-state index in [1.807, 2.05) is 38.1 Å². The average molecular weight is 459 g/mol. The van der Waals surface area contributed by atoms with E-state index in [-0.39, 0.29) is 27.6 Å². The van der Waals surface area contributed by atoms with Gasteiger partial charge in [-0.1, -0.05) is 41.9 Å². The normalized spacial score (nSPS) is 11.2. The van der Waals surface area contributed by atoms with Gasteiger partial charge >= 0.3 is 0 Å². The number of benzene rings is 3. The number of ether oxygens (including phenoxy) is 1. The summed E-state index contributed by atoms with van der Waals surface area (Å²) in [7, 11) is -3.77. The predicted octanol–water partition coefficient (Wildman–Crippen LogP) is 4.86. The predicted molar refractivity (Wildman–Crippen MR) is 122 cm³/mol. The molecule has 0 spiro atoms. The molecule has 31 heavy (non-hydrogen) atoms. The maximum atomic E-state index is 12.5. The van der Waals surface area contributed by atoms with Crippen molar-refractivity contribution in [3.8, 4) is 5.75 Å². The van der Waals surface area contributed by atoms with Crippen molar-refractivity contribution in [2.24, 2.45) is 0 Å². The molecular weight excluding hydrogens is 436 g/mol. The highest BCUT2D eigenvalue weighted by Gasteiger charge is 2.16. The molecule has 6 nitrogen and oxygen atoms in total. The Morgan fingerprint density at radius 1 is 1.00 bits per heavy atom. The first-order valence-electron chi connectivity index (χ1n) is 9.66. The Morgan fingerprint density at radius 2 is 1.68 bits per heavy atom. The standard InChI is InChI=1S/C23H23ClN2O4S/c1-16(2)30-19-11-8-17(9-12-19)15-25-23(27)18-10-13-22(21(24)14-18)26-31(28,29)20-6-4-3-5-7-20/h3-14,16,26H,15H2,1-2H3,(H,25,27). The van der Waals surface area contributed by atoms with Crippen LogP contribution in [0.15, 0.2) is 77.7 Å². The highest BCUT2D eigenvalue weighted by Crippen LogP contribution is 2.26. The number of hydrogen-bond acceptors (Lipinski definition) is 4. The van der Waals surface area contributed by atoms with E-state index in [1.54, 1.807) is 18.2 Å². The SMILES string of the molecule is CC(C)Oc1ccc(CNC(=O)c2ccc(NS(=O)(=O)c3ccccc3)c(Cl)c2)cc1. The van der Waals surface area contributed by atoms with E-state index < -0.39 is 10.0 Å². The van der Waals surface area contributed by atoms with Crippen molar-refractivity contribution in [3.05, 3.63) is 88.9 Å². The molecule has 3 aromatic rings. The summed E-state index contributed by atoms with van der Waals surface area (Å²) in [4.78, 5) is 12.6. The van der Waals surface area contributed by atoms with Gasteiger partial charge in [0.25, 0.3) is 15.9 Å². The Kier molecular flexibility index (Phi) is 7.20. The van der Waals surface area contributed by atoms with E-state index in [4.69, 9.17) is 16.3 Å². The molecule has 0 aromatic heterocycles. The molecule has 0 aliphatic rings. The molecular formula is C23H23ClN2O4S. The van der Waals surface area contributed by atoms with Crippen molar-refractivity contribution < 1.29 is 17.9 Å². The summed E-state index contributed by atoms with van der Waals surface area (Å²) in [6.07, 6.45) is 0.0930. The topological polar surface area (TPSA) is 84.5 Å². The van der Waals surface area contributed by atoms with Crippen molar-refractivity contribution in [2.45, 2.75) is 31.4 Å². The summed E-state index contributed by atoms with van der Waals surface area (Å²) in [5.74, 6) is 0.451. The Morgan fingerprint density at radius 3 is 2.29 bits per heavy atom. The molecule has 0 aliphatic heterocycles. The van der Waals surface area contributed by atoms with E-state index in [0.717, 1.165) is 11.3 Å². The van der Waals surface area contributed by atoms with E-state index in [2.05, 4.69) is 10.0 Å². The molecule has 3 aromatic carbocycles. The summed E-state index contributed by atoms with van der Waals surface area (Å²) in [6.45, 7) is 4.25. The zero-order chi connectivity index (χ0) is 22.4. The van der Waals surface area contributed by atoms with Gasteiger partial charge in [0.15, 0.2) is 0 Å². The molecule has 0 saturated heterocycles. The second-order valence-corrected chi connectivity index (χ2v) is 9.20. The Balaban J connectivity index is 1.63. The maximum absolute atomic E-state index is 12.5.